The second kappa shape index (κ2) is 11.7. The molecule has 0 saturated carbocycles. The van der Waals surface area contributed by atoms with Gasteiger partial charge in [-0.1, -0.05) is 18.2 Å². The maximum Gasteiger partial charge on any atom is 0.416 e. The number of likely N-dealkylation sites (N-methyl/N-ethyl adjacent to an activating group) is 1. The van der Waals surface area contributed by atoms with Crippen molar-refractivity contribution in [2.75, 3.05) is 38.7 Å². The van der Waals surface area contributed by atoms with Crippen LogP contribution in [0.5, 0.6) is 0 Å². The van der Waals surface area contributed by atoms with E-state index in [9.17, 15) is 22.8 Å². The van der Waals surface area contributed by atoms with E-state index in [1.807, 2.05) is 0 Å². The molecule has 2 aromatic carbocycles. The molecular formula is C24H29F3N2O5. The number of carbonyl (C=O) groups is 2. The molecular weight excluding hydrogens is 453 g/mol. The lowest BCUT2D eigenvalue weighted by molar-refractivity contribution is -0.137. The molecule has 2 aromatic rings. The van der Waals surface area contributed by atoms with Gasteiger partial charge in [-0.3, -0.25) is 0 Å². The average molecular weight is 482 g/mol. The number of nitrogens with zero attached hydrogens (tertiary/aromatic N) is 1. The third-order valence-corrected chi connectivity index (χ3v) is 4.35. The van der Waals surface area contributed by atoms with Crippen molar-refractivity contribution in [2.45, 2.75) is 32.5 Å². The fourth-order valence-corrected chi connectivity index (χ4v) is 2.70. The summed E-state index contributed by atoms with van der Waals surface area (Å²) in [7, 11) is 1.59. The molecule has 186 valence electrons. The van der Waals surface area contributed by atoms with Crippen molar-refractivity contribution in [2.24, 2.45) is 0 Å². The van der Waals surface area contributed by atoms with Crippen LogP contribution in [0.15, 0.2) is 48.5 Å². The third-order valence-electron chi connectivity index (χ3n) is 4.35. The first kappa shape index (κ1) is 27.0. The number of alkyl halides is 3. The normalized spacial score (nSPS) is 11.6. The number of benzene rings is 2. The predicted octanol–water partition coefficient (Wildman–Crippen LogP) is 5.49. The number of para-hydroxylation sites is 1. The van der Waals surface area contributed by atoms with E-state index in [1.165, 1.54) is 23.1 Å². The van der Waals surface area contributed by atoms with Gasteiger partial charge in [0.15, 0.2) is 0 Å². The number of esters is 1. The van der Waals surface area contributed by atoms with Gasteiger partial charge in [0.2, 0.25) is 0 Å². The molecule has 0 aliphatic heterocycles. The zero-order valence-corrected chi connectivity index (χ0v) is 19.6. The van der Waals surface area contributed by atoms with Gasteiger partial charge >= 0.3 is 18.2 Å². The molecule has 0 aliphatic carbocycles. The number of amides is 1. The van der Waals surface area contributed by atoms with E-state index >= 15 is 0 Å². The van der Waals surface area contributed by atoms with Crippen LogP contribution >= 0.6 is 0 Å². The lowest BCUT2D eigenvalue weighted by Gasteiger charge is -2.24. The number of halogens is 3. The van der Waals surface area contributed by atoms with Crippen LogP contribution < -0.4 is 5.32 Å². The Hall–Kier alpha value is -3.27. The third kappa shape index (κ3) is 8.93. The summed E-state index contributed by atoms with van der Waals surface area (Å²) in [6, 6.07) is 11.0. The van der Waals surface area contributed by atoms with Crippen LogP contribution in [0.2, 0.25) is 0 Å². The van der Waals surface area contributed by atoms with Crippen LogP contribution in [-0.2, 0) is 20.4 Å². The lowest BCUT2D eigenvalue weighted by Crippen LogP contribution is -2.36. The first-order valence-corrected chi connectivity index (χ1v) is 10.6. The first-order valence-electron chi connectivity index (χ1n) is 10.6. The molecule has 0 aromatic heterocycles. The highest BCUT2D eigenvalue weighted by Gasteiger charge is 2.30. The molecule has 0 heterocycles. The second-order valence-electron chi connectivity index (χ2n) is 8.40. The molecule has 10 heteroatoms. The fourth-order valence-electron chi connectivity index (χ4n) is 2.70. The summed E-state index contributed by atoms with van der Waals surface area (Å²) in [4.78, 5) is 25.7. The Bertz CT molecular complexity index is 974. The molecule has 0 fully saturated rings. The van der Waals surface area contributed by atoms with Crippen LogP contribution in [0.4, 0.5) is 29.3 Å². The van der Waals surface area contributed by atoms with Crippen LogP contribution in [0.1, 0.15) is 36.7 Å². The maximum absolute atomic E-state index is 13.0. The number of rotatable bonds is 9. The molecule has 0 radical (unpaired) electrons. The van der Waals surface area contributed by atoms with E-state index < -0.39 is 29.4 Å². The van der Waals surface area contributed by atoms with E-state index in [2.05, 4.69) is 5.32 Å². The zero-order valence-electron chi connectivity index (χ0n) is 19.6. The van der Waals surface area contributed by atoms with Crippen molar-refractivity contribution in [3.05, 3.63) is 59.7 Å². The SMILES string of the molecule is CN(CCOCCOC(=O)c1ccccc1Nc1cccc(C(F)(F)F)c1)C(=O)OC(C)(C)C. The van der Waals surface area contributed by atoms with Gasteiger partial charge in [-0.25, -0.2) is 9.59 Å². The van der Waals surface area contributed by atoms with E-state index in [0.717, 1.165) is 12.1 Å². The highest BCUT2D eigenvalue weighted by atomic mass is 19.4. The Morgan fingerprint density at radius 2 is 1.68 bits per heavy atom. The summed E-state index contributed by atoms with van der Waals surface area (Å²) in [5.41, 5.74) is -0.719. The van der Waals surface area contributed by atoms with Gasteiger partial charge in [0.05, 0.1) is 30.0 Å². The minimum Gasteiger partial charge on any atom is -0.460 e. The van der Waals surface area contributed by atoms with Crippen LogP contribution in [0, 0.1) is 0 Å². The number of ether oxygens (including phenoxy) is 3. The quantitative estimate of drug-likeness (QED) is 0.376. The van der Waals surface area contributed by atoms with Crippen molar-refractivity contribution in [1.29, 1.82) is 0 Å². The number of nitrogens with one attached hydrogen (secondary N) is 1. The van der Waals surface area contributed by atoms with Crippen molar-refractivity contribution < 1.29 is 37.0 Å². The molecule has 1 N–H and O–H groups in total. The van der Waals surface area contributed by atoms with Crippen molar-refractivity contribution in [3.63, 3.8) is 0 Å². The van der Waals surface area contributed by atoms with Gasteiger partial charge < -0.3 is 24.4 Å². The maximum atomic E-state index is 13.0. The molecule has 7 nitrogen and oxygen atoms in total. The van der Waals surface area contributed by atoms with E-state index in [-0.39, 0.29) is 31.1 Å². The average Bonchev–Trinajstić information content (AvgIpc) is 2.74. The fraction of sp³-hybridized carbons (Fsp3) is 0.417. The summed E-state index contributed by atoms with van der Waals surface area (Å²) in [5.74, 6) is -0.649. The first-order chi connectivity index (χ1) is 15.9. The van der Waals surface area contributed by atoms with Crippen molar-refractivity contribution >= 4 is 23.4 Å². The molecule has 0 aliphatic rings. The number of carbonyl (C=O) groups excluding carboxylic acids is 2. The summed E-state index contributed by atoms with van der Waals surface area (Å²) in [6.45, 7) is 5.92. The monoisotopic (exact) mass is 482 g/mol. The number of anilines is 2. The van der Waals surface area contributed by atoms with Gasteiger partial charge in [0.1, 0.15) is 12.2 Å². The second-order valence-corrected chi connectivity index (χ2v) is 8.40. The molecule has 0 atom stereocenters. The minimum atomic E-state index is -4.47. The summed E-state index contributed by atoms with van der Waals surface area (Å²) in [5, 5.41) is 2.83. The van der Waals surface area contributed by atoms with E-state index in [4.69, 9.17) is 14.2 Å². The molecule has 2 rings (SSSR count). The van der Waals surface area contributed by atoms with Crippen LogP contribution in [-0.4, -0.2) is 56.0 Å². The lowest BCUT2D eigenvalue weighted by atomic mass is 10.1. The molecule has 0 saturated heterocycles. The Kier molecular flexibility index (Phi) is 9.31. The van der Waals surface area contributed by atoms with Gasteiger partial charge in [-0.2, -0.15) is 13.2 Å². The Morgan fingerprint density at radius 1 is 0.971 bits per heavy atom. The van der Waals surface area contributed by atoms with E-state index in [1.54, 1.807) is 46.0 Å². The molecule has 0 unspecified atom stereocenters. The Balaban J connectivity index is 1.83. The van der Waals surface area contributed by atoms with Gasteiger partial charge in [0, 0.05) is 19.3 Å². The zero-order chi connectivity index (χ0) is 25.4. The highest BCUT2D eigenvalue weighted by molar-refractivity contribution is 5.96. The van der Waals surface area contributed by atoms with Gasteiger partial charge in [0.25, 0.3) is 0 Å². The van der Waals surface area contributed by atoms with Gasteiger partial charge in [-0.15, -0.1) is 0 Å². The van der Waals surface area contributed by atoms with Gasteiger partial charge in [-0.05, 0) is 51.1 Å². The number of hydrogen-bond acceptors (Lipinski definition) is 6. The predicted molar refractivity (Wildman–Crippen MR) is 121 cm³/mol. The van der Waals surface area contributed by atoms with Crippen LogP contribution in [0.3, 0.4) is 0 Å². The summed E-state index contributed by atoms with van der Waals surface area (Å²) >= 11 is 0. The Morgan fingerprint density at radius 3 is 2.35 bits per heavy atom. The molecule has 1 amide bonds. The topological polar surface area (TPSA) is 77.1 Å². The van der Waals surface area contributed by atoms with E-state index in [0.29, 0.717) is 12.2 Å². The standard InChI is InChI=1S/C24H29F3N2O5/c1-23(2,3)34-22(31)29(4)12-13-32-14-15-33-21(30)19-10-5-6-11-20(19)28-18-9-7-8-17(16-18)24(25,26)27/h5-11,16,28H,12-15H2,1-4H3. The molecule has 34 heavy (non-hydrogen) atoms. The molecule has 0 spiro atoms. The van der Waals surface area contributed by atoms with Crippen molar-refractivity contribution in [1.82, 2.24) is 4.90 Å². The minimum absolute atomic E-state index is 0.0348. The molecule has 0 bridgehead atoms. The largest absolute Gasteiger partial charge is 0.460 e. The highest BCUT2D eigenvalue weighted by Crippen LogP contribution is 2.32. The number of hydrogen-bond donors (Lipinski definition) is 1. The Labute approximate surface area is 196 Å². The van der Waals surface area contributed by atoms with Crippen molar-refractivity contribution in [3.8, 4) is 0 Å². The smallest absolute Gasteiger partial charge is 0.416 e. The summed E-state index contributed by atoms with van der Waals surface area (Å²) < 4.78 is 54.7. The summed E-state index contributed by atoms with van der Waals surface area (Å²) in [6.07, 6.45) is -4.94. The van der Waals surface area contributed by atoms with Crippen LogP contribution in [0.25, 0.3) is 0 Å².